The minimum absolute atomic E-state index is 0.0700. The van der Waals surface area contributed by atoms with Gasteiger partial charge in [-0.3, -0.25) is 4.90 Å². The van der Waals surface area contributed by atoms with Gasteiger partial charge < -0.3 is 5.11 Å². The predicted octanol–water partition coefficient (Wildman–Crippen LogP) is 1.63. The fraction of sp³-hybridized carbons (Fsp3) is 1.00. The molecule has 0 radical (unpaired) electrons. The first-order chi connectivity index (χ1) is 5.77. The summed E-state index contributed by atoms with van der Waals surface area (Å²) in [5.74, 6) is 0. The maximum Gasteiger partial charge on any atom is 0.0667 e. The summed E-state index contributed by atoms with van der Waals surface area (Å²) in [6.45, 7) is 6.54. The Bertz CT molecular complexity index is 123. The van der Waals surface area contributed by atoms with Gasteiger partial charge in [0.05, 0.1) is 6.10 Å². The molecule has 0 aromatic rings. The maximum atomic E-state index is 9.48. The number of β-amino-alcohol motifs (C(OH)–C–C–N with tert-alkyl or cyclic N) is 1. The van der Waals surface area contributed by atoms with Crippen LogP contribution in [-0.4, -0.2) is 35.2 Å². The molecule has 1 unspecified atom stereocenters. The smallest absolute Gasteiger partial charge is 0.0667 e. The molecule has 1 fully saturated rings. The molecule has 0 saturated carbocycles. The molecule has 72 valence electrons. The zero-order valence-corrected chi connectivity index (χ0v) is 8.29. The van der Waals surface area contributed by atoms with Crippen LogP contribution in [0.15, 0.2) is 0 Å². The second kappa shape index (κ2) is 4.83. The van der Waals surface area contributed by atoms with E-state index in [-0.39, 0.29) is 6.10 Å². The topological polar surface area (TPSA) is 23.5 Å². The summed E-state index contributed by atoms with van der Waals surface area (Å²) in [6, 6.07) is 0.694. The van der Waals surface area contributed by atoms with Crippen molar-refractivity contribution in [3.05, 3.63) is 0 Å². The van der Waals surface area contributed by atoms with Crippen molar-refractivity contribution in [2.24, 2.45) is 0 Å². The first-order valence-electron chi connectivity index (χ1n) is 5.20. The Kier molecular flexibility index (Phi) is 4.02. The number of aliphatic hydroxyl groups excluding tert-OH is 1. The third-order valence-corrected chi connectivity index (χ3v) is 2.89. The van der Waals surface area contributed by atoms with E-state index in [1.807, 2.05) is 0 Å². The predicted molar refractivity (Wildman–Crippen MR) is 51.2 cm³/mol. The summed E-state index contributed by atoms with van der Waals surface area (Å²) < 4.78 is 0. The first-order valence-corrected chi connectivity index (χ1v) is 5.20. The van der Waals surface area contributed by atoms with Crippen LogP contribution in [0.5, 0.6) is 0 Å². The number of nitrogens with zero attached hydrogens (tertiary/aromatic N) is 1. The fourth-order valence-electron chi connectivity index (χ4n) is 2.12. The van der Waals surface area contributed by atoms with Gasteiger partial charge in [-0.25, -0.2) is 0 Å². The van der Waals surface area contributed by atoms with Crippen LogP contribution in [0.3, 0.4) is 0 Å². The van der Waals surface area contributed by atoms with Gasteiger partial charge in [0.1, 0.15) is 0 Å². The molecule has 1 N–H and O–H groups in total. The molecular weight excluding hydrogens is 150 g/mol. The summed E-state index contributed by atoms with van der Waals surface area (Å²) in [5.41, 5.74) is 0. The largest absolute Gasteiger partial charge is 0.392 e. The highest BCUT2D eigenvalue weighted by molar-refractivity contribution is 4.77. The molecule has 2 heteroatoms. The zero-order chi connectivity index (χ0) is 8.97. The molecule has 1 atom stereocenters. The lowest BCUT2D eigenvalue weighted by atomic mass is 10.0. The third-order valence-electron chi connectivity index (χ3n) is 2.89. The molecule has 2 nitrogen and oxygen atoms in total. The zero-order valence-electron chi connectivity index (χ0n) is 8.29. The van der Waals surface area contributed by atoms with E-state index in [2.05, 4.69) is 18.7 Å². The summed E-state index contributed by atoms with van der Waals surface area (Å²) in [7, 11) is 0. The molecule has 0 amide bonds. The summed E-state index contributed by atoms with van der Waals surface area (Å²) >= 11 is 0. The van der Waals surface area contributed by atoms with Crippen molar-refractivity contribution in [1.82, 2.24) is 4.90 Å². The minimum Gasteiger partial charge on any atom is -0.392 e. The molecule has 0 aromatic carbocycles. The number of likely N-dealkylation sites (tertiary alicyclic amines) is 1. The average molecular weight is 171 g/mol. The van der Waals surface area contributed by atoms with Crippen molar-refractivity contribution in [2.75, 3.05) is 13.1 Å². The fourth-order valence-corrected chi connectivity index (χ4v) is 2.12. The summed E-state index contributed by atoms with van der Waals surface area (Å²) in [4.78, 5) is 2.44. The van der Waals surface area contributed by atoms with Crippen molar-refractivity contribution in [2.45, 2.75) is 51.7 Å². The van der Waals surface area contributed by atoms with Crippen molar-refractivity contribution in [1.29, 1.82) is 0 Å². The lowest BCUT2D eigenvalue weighted by Gasteiger charge is -2.35. The van der Waals surface area contributed by atoms with Gasteiger partial charge >= 0.3 is 0 Å². The molecule has 0 spiro atoms. The highest BCUT2D eigenvalue weighted by Gasteiger charge is 2.22. The number of hydrogen-bond acceptors (Lipinski definition) is 2. The third kappa shape index (κ3) is 2.46. The molecule has 0 bridgehead atoms. The lowest BCUT2D eigenvalue weighted by Crippen LogP contribution is -2.44. The Balaban J connectivity index is 2.38. The molecule has 1 heterocycles. The number of rotatable bonds is 3. The van der Waals surface area contributed by atoms with Gasteiger partial charge in [0.15, 0.2) is 0 Å². The van der Waals surface area contributed by atoms with E-state index in [0.29, 0.717) is 6.04 Å². The Morgan fingerprint density at radius 3 is 2.58 bits per heavy atom. The molecule has 1 aliphatic heterocycles. The van der Waals surface area contributed by atoms with Crippen LogP contribution in [0.2, 0.25) is 0 Å². The monoisotopic (exact) mass is 171 g/mol. The number of hydrogen-bond donors (Lipinski definition) is 1. The summed E-state index contributed by atoms with van der Waals surface area (Å²) in [5, 5.41) is 9.48. The minimum atomic E-state index is -0.0700. The molecule has 1 aliphatic rings. The Morgan fingerprint density at radius 2 is 2.08 bits per heavy atom. The van der Waals surface area contributed by atoms with Crippen LogP contribution >= 0.6 is 0 Å². The standard InChI is InChI=1S/C10H21NO/c1-3-9(4-2)11-7-5-6-10(12)8-11/h9-10,12H,3-8H2,1-2H3. The van der Waals surface area contributed by atoms with Gasteiger partial charge in [0, 0.05) is 12.6 Å². The lowest BCUT2D eigenvalue weighted by molar-refractivity contribution is 0.0442. The average Bonchev–Trinajstić information content (AvgIpc) is 2.07. The van der Waals surface area contributed by atoms with E-state index in [4.69, 9.17) is 0 Å². The number of aliphatic hydroxyl groups is 1. The molecule has 0 aliphatic carbocycles. The van der Waals surface area contributed by atoms with Gasteiger partial charge in [0.2, 0.25) is 0 Å². The van der Waals surface area contributed by atoms with Crippen LogP contribution < -0.4 is 0 Å². The van der Waals surface area contributed by atoms with Gasteiger partial charge in [-0.2, -0.15) is 0 Å². The van der Waals surface area contributed by atoms with E-state index >= 15 is 0 Å². The van der Waals surface area contributed by atoms with E-state index < -0.39 is 0 Å². The van der Waals surface area contributed by atoms with Crippen molar-refractivity contribution in [3.63, 3.8) is 0 Å². The van der Waals surface area contributed by atoms with Crippen molar-refractivity contribution >= 4 is 0 Å². The van der Waals surface area contributed by atoms with Gasteiger partial charge in [0.25, 0.3) is 0 Å². The van der Waals surface area contributed by atoms with Crippen LogP contribution in [-0.2, 0) is 0 Å². The highest BCUT2D eigenvalue weighted by Crippen LogP contribution is 2.16. The summed E-state index contributed by atoms with van der Waals surface area (Å²) in [6.07, 6.45) is 4.51. The quantitative estimate of drug-likeness (QED) is 0.697. The van der Waals surface area contributed by atoms with Crippen LogP contribution in [0.4, 0.5) is 0 Å². The van der Waals surface area contributed by atoms with Crippen molar-refractivity contribution in [3.8, 4) is 0 Å². The van der Waals surface area contributed by atoms with Crippen molar-refractivity contribution < 1.29 is 5.11 Å². The second-order valence-corrected chi connectivity index (χ2v) is 3.76. The molecule has 1 saturated heterocycles. The second-order valence-electron chi connectivity index (χ2n) is 3.76. The van der Waals surface area contributed by atoms with E-state index in [1.165, 1.54) is 19.4 Å². The molecular formula is C10H21NO. The Labute approximate surface area is 75.6 Å². The molecule has 1 rings (SSSR count). The van der Waals surface area contributed by atoms with Crippen LogP contribution in [0.25, 0.3) is 0 Å². The number of piperidine rings is 1. The molecule has 0 aromatic heterocycles. The van der Waals surface area contributed by atoms with Gasteiger partial charge in [-0.05, 0) is 32.2 Å². The van der Waals surface area contributed by atoms with Crippen LogP contribution in [0.1, 0.15) is 39.5 Å². The highest BCUT2D eigenvalue weighted by atomic mass is 16.3. The SMILES string of the molecule is CCC(CC)N1CCCC(O)C1. The van der Waals surface area contributed by atoms with E-state index in [1.54, 1.807) is 0 Å². The van der Waals surface area contributed by atoms with E-state index in [9.17, 15) is 5.11 Å². The van der Waals surface area contributed by atoms with Crippen LogP contribution in [0, 0.1) is 0 Å². The van der Waals surface area contributed by atoms with Gasteiger partial charge in [-0.1, -0.05) is 13.8 Å². The molecule has 12 heavy (non-hydrogen) atoms. The Morgan fingerprint density at radius 1 is 1.42 bits per heavy atom. The Hall–Kier alpha value is -0.0800. The van der Waals surface area contributed by atoms with E-state index in [0.717, 1.165) is 19.4 Å². The van der Waals surface area contributed by atoms with Gasteiger partial charge in [-0.15, -0.1) is 0 Å². The normalized spacial score (nSPS) is 26.5. The maximum absolute atomic E-state index is 9.48. The first kappa shape index (κ1) is 10.0.